The molecule has 2 atom stereocenters. The molecule has 0 aliphatic heterocycles. The lowest BCUT2D eigenvalue weighted by Gasteiger charge is -2.34. The Hall–Kier alpha value is -0.570. The highest BCUT2D eigenvalue weighted by molar-refractivity contribution is 5.76. The van der Waals surface area contributed by atoms with Gasteiger partial charge in [0.2, 0.25) is 0 Å². The molecule has 2 N–H and O–H groups in total. The molecule has 0 amide bonds. The van der Waals surface area contributed by atoms with Crippen LogP contribution in [0.15, 0.2) is 0 Å². The summed E-state index contributed by atoms with van der Waals surface area (Å²) < 4.78 is 5.51. The Balaban J connectivity index is 2.38. The summed E-state index contributed by atoms with van der Waals surface area (Å²) in [6.45, 7) is 8.59. The van der Waals surface area contributed by atoms with Crippen LogP contribution in [0.2, 0.25) is 0 Å². The lowest BCUT2D eigenvalue weighted by Crippen LogP contribution is -2.40. The van der Waals surface area contributed by atoms with E-state index in [4.69, 9.17) is 10.5 Å². The highest BCUT2D eigenvalue weighted by atomic mass is 16.5. The van der Waals surface area contributed by atoms with Gasteiger partial charge in [0, 0.05) is 0 Å². The third kappa shape index (κ3) is 4.30. The number of rotatable bonds is 4. The first-order chi connectivity index (χ1) is 7.85. The summed E-state index contributed by atoms with van der Waals surface area (Å²) in [6.07, 6.45) is 5.21. The van der Waals surface area contributed by atoms with E-state index < -0.39 is 6.04 Å². The van der Waals surface area contributed by atoms with Gasteiger partial charge in [-0.1, -0.05) is 34.1 Å². The number of ether oxygens (including phenoxy) is 1. The molecule has 1 rings (SSSR count). The summed E-state index contributed by atoms with van der Waals surface area (Å²) in [6, 6.07) is -0.463. The fraction of sp³-hybridized carbons (Fsp3) is 0.929. The normalized spacial score (nSPS) is 24.1. The molecule has 0 heterocycles. The van der Waals surface area contributed by atoms with Crippen molar-refractivity contribution in [3.05, 3.63) is 0 Å². The largest absolute Gasteiger partial charge is 0.461 e. The first-order valence-electron chi connectivity index (χ1n) is 6.82. The van der Waals surface area contributed by atoms with Gasteiger partial charge in [0.05, 0.1) is 0 Å². The van der Waals surface area contributed by atoms with Crippen LogP contribution in [0.4, 0.5) is 0 Å². The van der Waals surface area contributed by atoms with Crippen LogP contribution in [-0.4, -0.2) is 18.1 Å². The Labute approximate surface area is 105 Å². The van der Waals surface area contributed by atoms with Crippen molar-refractivity contribution >= 4 is 5.97 Å². The van der Waals surface area contributed by atoms with Gasteiger partial charge in [-0.15, -0.1) is 0 Å². The molecule has 3 nitrogen and oxygen atoms in total. The summed E-state index contributed by atoms with van der Waals surface area (Å²) in [5, 5.41) is 0. The number of esters is 1. The number of carbonyl (C=O) groups is 1. The van der Waals surface area contributed by atoms with Crippen molar-refractivity contribution in [2.24, 2.45) is 17.1 Å². The van der Waals surface area contributed by atoms with Crippen LogP contribution in [0.25, 0.3) is 0 Å². The van der Waals surface area contributed by atoms with E-state index in [1.54, 1.807) is 0 Å². The molecule has 0 radical (unpaired) electrons. The van der Waals surface area contributed by atoms with Crippen molar-refractivity contribution in [2.75, 3.05) is 0 Å². The van der Waals surface area contributed by atoms with E-state index in [1.165, 1.54) is 0 Å². The van der Waals surface area contributed by atoms with Crippen LogP contribution in [0, 0.1) is 11.3 Å². The number of hydrogen-bond acceptors (Lipinski definition) is 3. The van der Waals surface area contributed by atoms with Gasteiger partial charge >= 0.3 is 5.97 Å². The Kier molecular flexibility index (Phi) is 4.99. The van der Waals surface area contributed by atoms with Crippen molar-refractivity contribution in [1.82, 2.24) is 0 Å². The van der Waals surface area contributed by atoms with Crippen molar-refractivity contribution in [3.63, 3.8) is 0 Å². The van der Waals surface area contributed by atoms with Crippen molar-refractivity contribution in [2.45, 2.75) is 71.9 Å². The van der Waals surface area contributed by atoms with Gasteiger partial charge in [-0.3, -0.25) is 4.79 Å². The van der Waals surface area contributed by atoms with E-state index in [-0.39, 0.29) is 18.0 Å². The molecule has 0 aromatic rings. The second-order valence-corrected chi connectivity index (χ2v) is 6.21. The fourth-order valence-electron chi connectivity index (χ4n) is 2.22. The Morgan fingerprint density at radius 3 is 2.41 bits per heavy atom. The third-order valence-electron chi connectivity index (χ3n) is 4.10. The Morgan fingerprint density at radius 2 is 1.94 bits per heavy atom. The third-order valence-corrected chi connectivity index (χ3v) is 4.10. The first kappa shape index (κ1) is 14.5. The van der Waals surface area contributed by atoms with Crippen LogP contribution >= 0.6 is 0 Å². The standard InChI is InChI=1S/C14H27NO2/c1-5-10(2)12(15)13(16)17-11-6-8-14(3,4)9-7-11/h10-12H,5-9,15H2,1-4H3. The Bertz CT molecular complexity index is 253. The van der Waals surface area contributed by atoms with Crippen molar-refractivity contribution in [1.29, 1.82) is 0 Å². The minimum atomic E-state index is -0.463. The van der Waals surface area contributed by atoms with Gasteiger partial charge in [0.25, 0.3) is 0 Å². The summed E-state index contributed by atoms with van der Waals surface area (Å²) in [5.41, 5.74) is 6.27. The van der Waals surface area contributed by atoms with E-state index in [1.807, 2.05) is 13.8 Å². The maximum atomic E-state index is 11.8. The van der Waals surface area contributed by atoms with Gasteiger partial charge < -0.3 is 10.5 Å². The van der Waals surface area contributed by atoms with Crippen LogP contribution in [0.1, 0.15) is 59.8 Å². The van der Waals surface area contributed by atoms with E-state index in [9.17, 15) is 4.79 Å². The maximum absolute atomic E-state index is 11.8. The molecule has 1 fully saturated rings. The zero-order chi connectivity index (χ0) is 13.1. The zero-order valence-corrected chi connectivity index (χ0v) is 11.7. The summed E-state index contributed by atoms with van der Waals surface area (Å²) in [7, 11) is 0. The van der Waals surface area contributed by atoms with Gasteiger partial charge in [-0.05, 0) is 37.0 Å². The molecule has 3 heteroatoms. The van der Waals surface area contributed by atoms with Crippen LogP contribution in [0.3, 0.4) is 0 Å². The SMILES string of the molecule is CCC(C)C(N)C(=O)OC1CCC(C)(C)CC1. The molecule has 100 valence electrons. The average molecular weight is 241 g/mol. The minimum Gasteiger partial charge on any atom is -0.461 e. The summed E-state index contributed by atoms with van der Waals surface area (Å²) >= 11 is 0. The minimum absolute atomic E-state index is 0.0885. The fourth-order valence-corrected chi connectivity index (χ4v) is 2.22. The quantitative estimate of drug-likeness (QED) is 0.770. The highest BCUT2D eigenvalue weighted by Crippen LogP contribution is 2.36. The van der Waals surface area contributed by atoms with Gasteiger partial charge in [0.1, 0.15) is 12.1 Å². The van der Waals surface area contributed by atoms with E-state index in [0.29, 0.717) is 5.41 Å². The maximum Gasteiger partial charge on any atom is 0.323 e. The molecule has 0 bridgehead atoms. The molecule has 1 saturated carbocycles. The van der Waals surface area contributed by atoms with E-state index in [0.717, 1.165) is 32.1 Å². The number of nitrogens with two attached hydrogens (primary N) is 1. The molecule has 0 aromatic heterocycles. The lowest BCUT2D eigenvalue weighted by atomic mass is 9.76. The Morgan fingerprint density at radius 1 is 1.41 bits per heavy atom. The summed E-state index contributed by atoms with van der Waals surface area (Å²) in [4.78, 5) is 11.8. The molecule has 1 aliphatic carbocycles. The topological polar surface area (TPSA) is 52.3 Å². The van der Waals surface area contributed by atoms with Gasteiger partial charge in [-0.25, -0.2) is 0 Å². The first-order valence-corrected chi connectivity index (χ1v) is 6.82. The second kappa shape index (κ2) is 5.85. The predicted octanol–water partition coefficient (Wildman–Crippen LogP) is 2.87. The lowest BCUT2D eigenvalue weighted by molar-refractivity contribution is -0.154. The van der Waals surface area contributed by atoms with Crippen LogP contribution in [-0.2, 0) is 9.53 Å². The molecule has 0 aromatic carbocycles. The van der Waals surface area contributed by atoms with Crippen molar-refractivity contribution < 1.29 is 9.53 Å². The van der Waals surface area contributed by atoms with Crippen LogP contribution < -0.4 is 5.73 Å². The van der Waals surface area contributed by atoms with Gasteiger partial charge in [-0.2, -0.15) is 0 Å². The smallest absolute Gasteiger partial charge is 0.323 e. The molecule has 2 unspecified atom stereocenters. The monoisotopic (exact) mass is 241 g/mol. The molecular weight excluding hydrogens is 214 g/mol. The van der Waals surface area contributed by atoms with E-state index >= 15 is 0 Å². The molecule has 1 aliphatic rings. The second-order valence-electron chi connectivity index (χ2n) is 6.21. The number of carbonyl (C=O) groups excluding carboxylic acids is 1. The zero-order valence-electron chi connectivity index (χ0n) is 11.7. The highest BCUT2D eigenvalue weighted by Gasteiger charge is 2.30. The summed E-state index contributed by atoms with van der Waals surface area (Å²) in [5.74, 6) is -0.0217. The molecule has 17 heavy (non-hydrogen) atoms. The predicted molar refractivity (Wildman–Crippen MR) is 69.6 cm³/mol. The van der Waals surface area contributed by atoms with Gasteiger partial charge in [0.15, 0.2) is 0 Å². The molecular formula is C14H27NO2. The van der Waals surface area contributed by atoms with Crippen molar-refractivity contribution in [3.8, 4) is 0 Å². The molecule has 0 spiro atoms. The van der Waals surface area contributed by atoms with Crippen LogP contribution in [0.5, 0.6) is 0 Å². The average Bonchev–Trinajstić information content (AvgIpc) is 2.29. The van der Waals surface area contributed by atoms with E-state index in [2.05, 4.69) is 13.8 Å². The molecule has 0 saturated heterocycles. The number of hydrogen-bond donors (Lipinski definition) is 1.